The number of anilines is 1. The molecule has 2 N–H and O–H groups in total. The Balaban J connectivity index is 1.53. The summed E-state index contributed by atoms with van der Waals surface area (Å²) in [7, 11) is 0. The maximum atomic E-state index is 12.4. The third kappa shape index (κ3) is 3.62. The van der Waals surface area contributed by atoms with Gasteiger partial charge in [0, 0.05) is 50.3 Å². The van der Waals surface area contributed by atoms with Crippen LogP contribution >= 0.6 is 0 Å². The van der Waals surface area contributed by atoms with E-state index in [1.54, 1.807) is 34.1 Å². The van der Waals surface area contributed by atoms with E-state index in [-0.39, 0.29) is 43.0 Å². The van der Waals surface area contributed by atoms with Crippen molar-refractivity contribution in [3.63, 3.8) is 0 Å². The highest BCUT2D eigenvalue weighted by Gasteiger charge is 2.33. The summed E-state index contributed by atoms with van der Waals surface area (Å²) in [6.07, 6.45) is 0.353. The zero-order chi connectivity index (χ0) is 18.0. The van der Waals surface area contributed by atoms with Gasteiger partial charge in [0.25, 0.3) is 5.91 Å². The lowest BCUT2D eigenvalue weighted by Crippen LogP contribution is -2.53. The van der Waals surface area contributed by atoms with Crippen LogP contribution in [0.2, 0.25) is 0 Å². The second kappa shape index (κ2) is 6.92. The Morgan fingerprint density at radius 2 is 1.40 bits per heavy atom. The van der Waals surface area contributed by atoms with E-state index < -0.39 is 0 Å². The third-order valence-electron chi connectivity index (χ3n) is 4.53. The van der Waals surface area contributed by atoms with E-state index in [1.807, 2.05) is 0 Å². The van der Waals surface area contributed by atoms with Gasteiger partial charge in [0.15, 0.2) is 0 Å². The highest BCUT2D eigenvalue weighted by Crippen LogP contribution is 2.14. The molecule has 2 aliphatic rings. The Bertz CT molecular complexity index is 692. The van der Waals surface area contributed by atoms with E-state index in [4.69, 9.17) is 5.73 Å². The monoisotopic (exact) mass is 344 g/mol. The van der Waals surface area contributed by atoms with Gasteiger partial charge in [0.1, 0.15) is 6.54 Å². The smallest absolute Gasteiger partial charge is 0.253 e. The molecule has 0 radical (unpaired) electrons. The third-order valence-corrected chi connectivity index (χ3v) is 4.53. The molecular weight excluding hydrogens is 324 g/mol. The van der Waals surface area contributed by atoms with E-state index in [1.165, 1.54) is 0 Å². The lowest BCUT2D eigenvalue weighted by Gasteiger charge is -2.35. The van der Waals surface area contributed by atoms with Gasteiger partial charge in [-0.1, -0.05) is 0 Å². The SMILES string of the molecule is Nc1ccc(C(=O)N2CCN(C(=O)CN3C(=O)CCC3=O)CC2)cc1. The molecule has 8 heteroatoms. The van der Waals surface area contributed by atoms with Crippen molar-refractivity contribution in [3.8, 4) is 0 Å². The van der Waals surface area contributed by atoms with Crippen LogP contribution in [0.4, 0.5) is 5.69 Å². The Hall–Kier alpha value is -2.90. The van der Waals surface area contributed by atoms with Crippen molar-refractivity contribution in [2.45, 2.75) is 12.8 Å². The molecule has 2 fully saturated rings. The average molecular weight is 344 g/mol. The summed E-state index contributed by atoms with van der Waals surface area (Å²) in [5.41, 5.74) is 6.78. The van der Waals surface area contributed by atoms with E-state index >= 15 is 0 Å². The molecule has 0 aliphatic carbocycles. The fourth-order valence-corrected chi connectivity index (χ4v) is 3.00. The minimum Gasteiger partial charge on any atom is -0.399 e. The molecule has 25 heavy (non-hydrogen) atoms. The van der Waals surface area contributed by atoms with E-state index in [2.05, 4.69) is 0 Å². The molecule has 1 aromatic rings. The Kier molecular flexibility index (Phi) is 4.69. The number of piperazine rings is 1. The maximum absolute atomic E-state index is 12.4. The van der Waals surface area contributed by atoms with Crippen LogP contribution in [0.1, 0.15) is 23.2 Å². The molecule has 132 valence electrons. The van der Waals surface area contributed by atoms with Crippen molar-refractivity contribution < 1.29 is 19.2 Å². The minimum absolute atomic E-state index is 0.100. The molecule has 2 heterocycles. The van der Waals surface area contributed by atoms with Crippen LogP contribution in [0.15, 0.2) is 24.3 Å². The number of hydrogen-bond acceptors (Lipinski definition) is 5. The molecule has 2 saturated heterocycles. The number of rotatable bonds is 3. The number of benzene rings is 1. The summed E-state index contributed by atoms with van der Waals surface area (Å²) >= 11 is 0. The second-order valence-corrected chi connectivity index (χ2v) is 6.17. The number of carbonyl (C=O) groups is 4. The zero-order valence-electron chi connectivity index (χ0n) is 13.8. The molecular formula is C17H20N4O4. The molecule has 2 aliphatic heterocycles. The molecule has 0 unspecified atom stereocenters. The topological polar surface area (TPSA) is 104 Å². The Labute approximate surface area is 145 Å². The van der Waals surface area contributed by atoms with Crippen LogP contribution < -0.4 is 5.73 Å². The largest absolute Gasteiger partial charge is 0.399 e. The summed E-state index contributed by atoms with van der Waals surface area (Å²) in [6, 6.07) is 6.72. The number of nitrogens with two attached hydrogens (primary N) is 1. The number of amides is 4. The van der Waals surface area contributed by atoms with Crippen LogP contribution in [0.3, 0.4) is 0 Å². The normalized spacial score (nSPS) is 18.0. The molecule has 0 bridgehead atoms. The number of imide groups is 1. The first-order valence-electron chi connectivity index (χ1n) is 8.21. The molecule has 1 aromatic carbocycles. The van der Waals surface area contributed by atoms with E-state index in [9.17, 15) is 19.2 Å². The van der Waals surface area contributed by atoms with Gasteiger partial charge < -0.3 is 15.5 Å². The first-order valence-corrected chi connectivity index (χ1v) is 8.21. The van der Waals surface area contributed by atoms with Crippen molar-refractivity contribution in [3.05, 3.63) is 29.8 Å². The number of nitrogen functional groups attached to an aromatic ring is 1. The van der Waals surface area contributed by atoms with Gasteiger partial charge in [-0.3, -0.25) is 24.1 Å². The maximum Gasteiger partial charge on any atom is 0.253 e. The summed E-state index contributed by atoms with van der Waals surface area (Å²) in [5, 5.41) is 0. The van der Waals surface area contributed by atoms with Crippen molar-refractivity contribution in [1.82, 2.24) is 14.7 Å². The Morgan fingerprint density at radius 3 is 1.96 bits per heavy atom. The second-order valence-electron chi connectivity index (χ2n) is 6.17. The standard InChI is InChI=1S/C17H20N4O4/c18-13-3-1-12(2-4-13)17(25)20-9-7-19(8-10-20)16(24)11-21-14(22)5-6-15(21)23/h1-4H,5-11,18H2. The molecule has 0 saturated carbocycles. The fraction of sp³-hybridized carbons (Fsp3) is 0.412. The number of nitrogens with zero attached hydrogens (tertiary/aromatic N) is 3. The van der Waals surface area contributed by atoms with Gasteiger partial charge in [0.2, 0.25) is 17.7 Å². The van der Waals surface area contributed by atoms with Gasteiger partial charge in [-0.05, 0) is 24.3 Å². The van der Waals surface area contributed by atoms with Gasteiger partial charge in [-0.15, -0.1) is 0 Å². The molecule has 8 nitrogen and oxygen atoms in total. The number of carbonyl (C=O) groups excluding carboxylic acids is 4. The lowest BCUT2D eigenvalue weighted by atomic mass is 10.1. The lowest BCUT2D eigenvalue weighted by molar-refractivity contribution is -0.146. The predicted octanol–water partition coefficient (Wildman–Crippen LogP) is -0.298. The number of hydrogen-bond donors (Lipinski definition) is 1. The van der Waals surface area contributed by atoms with E-state index in [0.29, 0.717) is 37.4 Å². The van der Waals surface area contributed by atoms with E-state index in [0.717, 1.165) is 4.90 Å². The summed E-state index contributed by atoms with van der Waals surface area (Å²) in [5.74, 6) is -0.953. The van der Waals surface area contributed by atoms with Gasteiger partial charge in [-0.2, -0.15) is 0 Å². The van der Waals surface area contributed by atoms with Crippen molar-refractivity contribution in [2.24, 2.45) is 0 Å². The molecule has 4 amide bonds. The van der Waals surface area contributed by atoms with Crippen LogP contribution in [0.25, 0.3) is 0 Å². The molecule has 0 spiro atoms. The van der Waals surface area contributed by atoms with Gasteiger partial charge >= 0.3 is 0 Å². The summed E-state index contributed by atoms with van der Waals surface area (Å²) in [6.45, 7) is 1.39. The fourth-order valence-electron chi connectivity index (χ4n) is 3.00. The van der Waals surface area contributed by atoms with Crippen LogP contribution in [-0.4, -0.2) is 71.1 Å². The molecule has 0 aromatic heterocycles. The van der Waals surface area contributed by atoms with Crippen molar-refractivity contribution in [1.29, 1.82) is 0 Å². The van der Waals surface area contributed by atoms with Crippen molar-refractivity contribution in [2.75, 3.05) is 38.5 Å². The Morgan fingerprint density at radius 1 is 0.880 bits per heavy atom. The van der Waals surface area contributed by atoms with Crippen LogP contribution in [0, 0.1) is 0 Å². The zero-order valence-corrected chi connectivity index (χ0v) is 13.8. The van der Waals surface area contributed by atoms with Gasteiger partial charge in [-0.25, -0.2) is 0 Å². The quantitative estimate of drug-likeness (QED) is 0.599. The molecule has 3 rings (SSSR count). The number of likely N-dealkylation sites (tertiary alicyclic amines) is 1. The highest BCUT2D eigenvalue weighted by atomic mass is 16.2. The first kappa shape index (κ1) is 16.9. The van der Waals surface area contributed by atoms with Crippen LogP contribution in [0.5, 0.6) is 0 Å². The summed E-state index contributed by atoms with van der Waals surface area (Å²) in [4.78, 5) is 52.2. The highest BCUT2D eigenvalue weighted by molar-refractivity contribution is 6.04. The first-order chi connectivity index (χ1) is 12.0. The predicted molar refractivity (Wildman–Crippen MR) is 89.3 cm³/mol. The molecule has 0 atom stereocenters. The summed E-state index contributed by atoms with van der Waals surface area (Å²) < 4.78 is 0. The van der Waals surface area contributed by atoms with Crippen LogP contribution in [-0.2, 0) is 14.4 Å². The minimum atomic E-state index is -0.296. The average Bonchev–Trinajstić information content (AvgIpc) is 2.94. The van der Waals surface area contributed by atoms with Gasteiger partial charge in [0.05, 0.1) is 0 Å². The van der Waals surface area contributed by atoms with Crippen molar-refractivity contribution >= 4 is 29.3 Å².